The summed E-state index contributed by atoms with van der Waals surface area (Å²) in [5.41, 5.74) is 1.48. The number of aryl methyl sites for hydroxylation is 1. The molecule has 1 aromatic heterocycles. The average molecular weight is 327 g/mol. The summed E-state index contributed by atoms with van der Waals surface area (Å²) in [6, 6.07) is 5.76. The van der Waals surface area contributed by atoms with Crippen LogP contribution < -0.4 is 0 Å². The number of Topliss-reactive ketones (excluding diaryl/α,β-unsaturated/α-hetero) is 1. The number of fused-ring (bicyclic) bond motifs is 3. The average Bonchev–Trinajstić information content (AvgIpc) is 2.85. The van der Waals surface area contributed by atoms with Gasteiger partial charge in [-0.2, -0.15) is 0 Å². The van der Waals surface area contributed by atoms with Crippen LogP contribution in [0.15, 0.2) is 24.4 Å². The third-order valence-corrected chi connectivity index (χ3v) is 5.65. The smallest absolute Gasteiger partial charge is 0.324 e. The summed E-state index contributed by atoms with van der Waals surface area (Å²) in [5, 5.41) is 11.4. The van der Waals surface area contributed by atoms with Crippen LogP contribution in [0.2, 0.25) is 0 Å². The zero-order valence-electron chi connectivity index (χ0n) is 13.9. The van der Waals surface area contributed by atoms with Gasteiger partial charge in [0, 0.05) is 30.1 Å². The highest BCUT2D eigenvalue weighted by Crippen LogP contribution is 2.48. The van der Waals surface area contributed by atoms with Crippen molar-refractivity contribution in [1.82, 2.24) is 4.57 Å². The Morgan fingerprint density at radius 2 is 2.25 bits per heavy atom. The third-order valence-electron chi connectivity index (χ3n) is 5.65. The van der Waals surface area contributed by atoms with Gasteiger partial charge in [0.15, 0.2) is 11.2 Å². The highest BCUT2D eigenvalue weighted by atomic mass is 16.5. The lowest BCUT2D eigenvalue weighted by Crippen LogP contribution is -2.54. The van der Waals surface area contributed by atoms with Crippen molar-refractivity contribution in [2.24, 2.45) is 13.0 Å². The van der Waals surface area contributed by atoms with Crippen molar-refractivity contribution in [2.75, 3.05) is 6.61 Å². The fourth-order valence-electron chi connectivity index (χ4n) is 4.53. The van der Waals surface area contributed by atoms with Gasteiger partial charge in [-0.05, 0) is 43.4 Å². The minimum atomic E-state index is -1.29. The van der Waals surface area contributed by atoms with Crippen molar-refractivity contribution >= 4 is 22.7 Å². The van der Waals surface area contributed by atoms with Gasteiger partial charge < -0.3 is 14.4 Å². The van der Waals surface area contributed by atoms with Gasteiger partial charge >= 0.3 is 5.97 Å². The number of esters is 1. The molecule has 126 valence electrons. The highest BCUT2D eigenvalue weighted by Gasteiger charge is 2.57. The quantitative estimate of drug-likeness (QED) is 0.675. The molecule has 24 heavy (non-hydrogen) atoms. The van der Waals surface area contributed by atoms with Gasteiger partial charge in [-0.15, -0.1) is 0 Å². The molecular formula is C19H21NO4. The van der Waals surface area contributed by atoms with E-state index >= 15 is 0 Å². The van der Waals surface area contributed by atoms with Crippen molar-refractivity contribution in [2.45, 2.75) is 37.7 Å². The Hall–Kier alpha value is -2.14. The predicted molar refractivity (Wildman–Crippen MR) is 88.7 cm³/mol. The van der Waals surface area contributed by atoms with Crippen molar-refractivity contribution < 1.29 is 19.4 Å². The van der Waals surface area contributed by atoms with Gasteiger partial charge in [0.05, 0.1) is 12.7 Å². The number of ketones is 1. The minimum Gasteiger partial charge on any atom is -0.465 e. The molecule has 0 saturated heterocycles. The number of benzene rings is 1. The Kier molecular flexibility index (Phi) is 3.32. The molecule has 0 amide bonds. The number of carbonyl (C=O) groups excluding carboxylic acids is 2. The van der Waals surface area contributed by atoms with Crippen LogP contribution >= 0.6 is 0 Å². The predicted octanol–water partition coefficient (Wildman–Crippen LogP) is 1.88. The Bertz CT molecular complexity index is 852. The number of carbonyl (C=O) groups is 2. The summed E-state index contributed by atoms with van der Waals surface area (Å²) < 4.78 is 7.34. The standard InChI is InChI=1S/C19H21NO4/c1-3-24-18(23)19-8-7-15(21)12(17(19)22)9-11-10-20(2)14-6-4-5-13(19)16(11)14/h4-6,10,12,15,21H,3,7-9H2,1-2H3/t12-,15?,19-/m1/s1. The normalized spacial score (nSPS) is 28.7. The van der Waals surface area contributed by atoms with Gasteiger partial charge in [0.25, 0.3) is 0 Å². The molecule has 0 aliphatic heterocycles. The largest absolute Gasteiger partial charge is 0.465 e. The maximum Gasteiger partial charge on any atom is 0.324 e. The molecule has 2 aromatic rings. The molecule has 1 saturated carbocycles. The molecule has 1 fully saturated rings. The van der Waals surface area contributed by atoms with Crippen LogP contribution in [0.25, 0.3) is 10.9 Å². The third kappa shape index (κ3) is 1.79. The number of hydrogen-bond acceptors (Lipinski definition) is 4. The number of ether oxygens (including phenoxy) is 1. The van der Waals surface area contributed by atoms with E-state index < -0.39 is 23.4 Å². The first kappa shape index (κ1) is 15.4. The molecule has 1 N–H and O–H groups in total. The van der Waals surface area contributed by atoms with E-state index in [0.29, 0.717) is 19.3 Å². The summed E-state index contributed by atoms with van der Waals surface area (Å²) in [6.07, 6.45) is 2.51. The number of aromatic nitrogens is 1. The number of aliphatic hydroxyl groups excluding tert-OH is 1. The van der Waals surface area contributed by atoms with Crippen LogP contribution in [0, 0.1) is 5.92 Å². The Morgan fingerprint density at radius 3 is 3.00 bits per heavy atom. The van der Waals surface area contributed by atoms with Crippen LogP contribution in [0.1, 0.15) is 30.9 Å². The molecule has 2 bridgehead atoms. The molecule has 2 aliphatic carbocycles. The number of hydrogen-bond donors (Lipinski definition) is 1. The molecule has 2 aliphatic rings. The van der Waals surface area contributed by atoms with E-state index in [4.69, 9.17) is 4.74 Å². The minimum absolute atomic E-state index is 0.189. The monoisotopic (exact) mass is 327 g/mol. The van der Waals surface area contributed by atoms with Gasteiger partial charge in [-0.3, -0.25) is 9.59 Å². The lowest BCUT2D eigenvalue weighted by atomic mass is 9.64. The fraction of sp³-hybridized carbons (Fsp3) is 0.474. The molecule has 4 rings (SSSR count). The van der Waals surface area contributed by atoms with E-state index in [9.17, 15) is 14.7 Å². The van der Waals surface area contributed by atoms with Crippen LogP contribution in [0.5, 0.6) is 0 Å². The summed E-state index contributed by atoms with van der Waals surface area (Å²) in [5.74, 6) is -1.22. The van der Waals surface area contributed by atoms with Crippen molar-refractivity contribution in [3.63, 3.8) is 0 Å². The van der Waals surface area contributed by atoms with E-state index in [1.807, 2.05) is 36.0 Å². The number of rotatable bonds is 2. The number of aliphatic hydroxyl groups is 1. The van der Waals surface area contributed by atoms with Crippen LogP contribution in [0.3, 0.4) is 0 Å². The van der Waals surface area contributed by atoms with Crippen LogP contribution in [-0.4, -0.2) is 34.1 Å². The molecule has 3 atom stereocenters. The van der Waals surface area contributed by atoms with E-state index in [1.165, 1.54) is 0 Å². The van der Waals surface area contributed by atoms with Gasteiger partial charge in [0.2, 0.25) is 0 Å². The first-order chi connectivity index (χ1) is 11.5. The second kappa shape index (κ2) is 5.18. The Morgan fingerprint density at radius 1 is 1.46 bits per heavy atom. The second-order valence-corrected chi connectivity index (χ2v) is 6.87. The van der Waals surface area contributed by atoms with E-state index in [1.54, 1.807) is 6.92 Å². The van der Waals surface area contributed by atoms with Crippen molar-refractivity contribution in [3.05, 3.63) is 35.5 Å². The van der Waals surface area contributed by atoms with Crippen LogP contribution in [-0.2, 0) is 33.2 Å². The number of nitrogens with zero attached hydrogens (tertiary/aromatic N) is 1. The summed E-state index contributed by atoms with van der Waals surface area (Å²) >= 11 is 0. The van der Waals surface area contributed by atoms with E-state index in [-0.39, 0.29) is 12.4 Å². The lowest BCUT2D eigenvalue weighted by molar-refractivity contribution is -0.159. The fourth-order valence-corrected chi connectivity index (χ4v) is 4.53. The molecule has 1 aromatic carbocycles. The van der Waals surface area contributed by atoms with Crippen molar-refractivity contribution in [3.8, 4) is 0 Å². The maximum absolute atomic E-state index is 13.3. The molecular weight excluding hydrogens is 306 g/mol. The molecule has 1 unspecified atom stereocenters. The van der Waals surface area contributed by atoms with E-state index in [2.05, 4.69) is 0 Å². The zero-order valence-corrected chi connectivity index (χ0v) is 13.9. The molecule has 5 nitrogen and oxygen atoms in total. The van der Waals surface area contributed by atoms with Gasteiger partial charge in [-0.1, -0.05) is 12.1 Å². The topological polar surface area (TPSA) is 68.5 Å². The summed E-state index contributed by atoms with van der Waals surface area (Å²) in [6.45, 7) is 1.98. The maximum atomic E-state index is 13.3. The first-order valence-corrected chi connectivity index (χ1v) is 8.47. The van der Waals surface area contributed by atoms with Crippen molar-refractivity contribution in [1.29, 1.82) is 0 Å². The summed E-state index contributed by atoms with van der Waals surface area (Å²) in [7, 11) is 1.96. The first-order valence-electron chi connectivity index (χ1n) is 8.47. The molecule has 0 spiro atoms. The van der Waals surface area contributed by atoms with Gasteiger partial charge in [-0.25, -0.2) is 0 Å². The van der Waals surface area contributed by atoms with Gasteiger partial charge in [0.1, 0.15) is 0 Å². The molecule has 5 heteroatoms. The Labute approximate surface area is 140 Å². The van der Waals surface area contributed by atoms with E-state index in [0.717, 1.165) is 22.0 Å². The highest BCUT2D eigenvalue weighted by molar-refractivity contribution is 6.15. The molecule has 1 heterocycles. The molecule has 0 radical (unpaired) electrons. The zero-order chi connectivity index (χ0) is 17.1. The SMILES string of the molecule is CCOC(=O)[C@]12CCC(O)[C@@H](Cc3cn(C)c4cccc1c34)C2=O. The van der Waals surface area contributed by atoms with Crippen LogP contribution in [0.4, 0.5) is 0 Å². The second-order valence-electron chi connectivity index (χ2n) is 6.87. The Balaban J connectivity index is 2.07. The summed E-state index contributed by atoms with van der Waals surface area (Å²) in [4.78, 5) is 26.2. The lowest BCUT2D eigenvalue weighted by Gasteiger charge is -2.38.